The number of hydrogen-bond donors (Lipinski definition) is 1. The minimum absolute atomic E-state index is 0.0857. The van der Waals surface area contributed by atoms with Crippen LogP contribution in [0.5, 0.6) is 5.75 Å². The first-order valence-corrected chi connectivity index (χ1v) is 8.45. The summed E-state index contributed by atoms with van der Waals surface area (Å²) in [6, 6.07) is 3.81. The van der Waals surface area contributed by atoms with Gasteiger partial charge >= 0.3 is 0 Å². The lowest BCUT2D eigenvalue weighted by molar-refractivity contribution is -0.136. The van der Waals surface area contributed by atoms with Gasteiger partial charge in [0, 0.05) is 12.8 Å². The Labute approximate surface area is 150 Å². The minimum Gasteiger partial charge on any atom is -0.493 e. The van der Waals surface area contributed by atoms with Gasteiger partial charge in [0.15, 0.2) is 0 Å². The van der Waals surface area contributed by atoms with E-state index in [2.05, 4.69) is 11.2 Å². The van der Waals surface area contributed by atoms with Gasteiger partial charge in [0.25, 0.3) is 11.8 Å². The Morgan fingerprint density at radius 1 is 1.19 bits per heavy atom. The maximum absolute atomic E-state index is 12.8. The average molecular weight is 354 g/mol. The number of carbonyl (C=O) groups excluding carboxylic acids is 4. The van der Waals surface area contributed by atoms with E-state index in [1.807, 2.05) is 0 Å². The number of hydrogen-bond acceptors (Lipinski definition) is 5. The van der Waals surface area contributed by atoms with Crippen molar-refractivity contribution >= 4 is 23.6 Å². The maximum Gasteiger partial charge on any atom is 0.266 e. The second kappa shape index (κ2) is 7.40. The molecule has 1 N–H and O–H groups in total. The molecule has 2 heterocycles. The molecule has 4 amide bonds. The van der Waals surface area contributed by atoms with E-state index in [1.54, 1.807) is 12.1 Å². The van der Waals surface area contributed by atoms with Crippen LogP contribution in [0.15, 0.2) is 18.2 Å². The van der Waals surface area contributed by atoms with Crippen LogP contribution in [0.4, 0.5) is 0 Å². The third-order valence-electron chi connectivity index (χ3n) is 4.40. The number of nitrogens with one attached hydrogen (secondary N) is 1. The van der Waals surface area contributed by atoms with E-state index in [4.69, 9.17) is 11.2 Å². The van der Waals surface area contributed by atoms with E-state index < -0.39 is 29.7 Å². The summed E-state index contributed by atoms with van der Waals surface area (Å²) < 4.78 is 5.67. The number of terminal acetylenes is 1. The van der Waals surface area contributed by atoms with E-state index in [9.17, 15) is 19.2 Å². The highest BCUT2D eigenvalue weighted by molar-refractivity contribution is 6.24. The fourth-order valence-corrected chi connectivity index (χ4v) is 3.12. The summed E-state index contributed by atoms with van der Waals surface area (Å²) in [4.78, 5) is 49.8. The van der Waals surface area contributed by atoms with E-state index >= 15 is 0 Å². The van der Waals surface area contributed by atoms with Crippen LogP contribution in [0.2, 0.25) is 0 Å². The van der Waals surface area contributed by atoms with Crippen LogP contribution in [0.25, 0.3) is 0 Å². The van der Waals surface area contributed by atoms with E-state index in [1.165, 1.54) is 6.07 Å². The molecule has 0 saturated carbocycles. The molecular formula is C19H18N2O5. The van der Waals surface area contributed by atoms with Crippen LogP contribution in [-0.4, -0.2) is 41.2 Å². The predicted octanol–water partition coefficient (Wildman–Crippen LogP) is 1.27. The first-order chi connectivity index (χ1) is 12.5. The van der Waals surface area contributed by atoms with E-state index in [0.29, 0.717) is 18.8 Å². The maximum atomic E-state index is 12.8. The number of fused-ring (bicyclic) bond motifs is 1. The lowest BCUT2D eigenvalue weighted by Crippen LogP contribution is -2.54. The lowest BCUT2D eigenvalue weighted by atomic mass is 10.0. The topological polar surface area (TPSA) is 92.8 Å². The number of piperidine rings is 1. The molecule has 1 aromatic rings. The monoisotopic (exact) mass is 354 g/mol. The van der Waals surface area contributed by atoms with Gasteiger partial charge in [-0.05, 0) is 31.4 Å². The van der Waals surface area contributed by atoms with Crippen molar-refractivity contribution in [1.82, 2.24) is 10.2 Å². The summed E-state index contributed by atoms with van der Waals surface area (Å²) in [5.41, 5.74) is 0.375. The fourth-order valence-electron chi connectivity index (χ4n) is 3.12. The highest BCUT2D eigenvalue weighted by Crippen LogP contribution is 2.33. The van der Waals surface area contributed by atoms with Crippen molar-refractivity contribution in [3.05, 3.63) is 29.3 Å². The molecule has 26 heavy (non-hydrogen) atoms. The molecule has 3 rings (SSSR count). The molecule has 134 valence electrons. The van der Waals surface area contributed by atoms with Crippen LogP contribution in [0.1, 0.15) is 52.8 Å². The molecule has 0 aromatic heterocycles. The molecular weight excluding hydrogens is 336 g/mol. The summed E-state index contributed by atoms with van der Waals surface area (Å²) in [6.07, 6.45) is 7.60. The predicted molar refractivity (Wildman–Crippen MR) is 91.3 cm³/mol. The molecule has 1 atom stereocenters. The molecule has 1 aromatic carbocycles. The second-order valence-electron chi connectivity index (χ2n) is 6.14. The van der Waals surface area contributed by atoms with E-state index in [0.717, 1.165) is 17.7 Å². The Morgan fingerprint density at radius 2 is 2.00 bits per heavy atom. The smallest absolute Gasteiger partial charge is 0.266 e. The van der Waals surface area contributed by atoms with Crippen molar-refractivity contribution in [2.24, 2.45) is 0 Å². The number of amides is 4. The van der Waals surface area contributed by atoms with E-state index in [-0.39, 0.29) is 24.0 Å². The number of nitrogens with zero attached hydrogens (tertiary/aromatic N) is 1. The van der Waals surface area contributed by atoms with Gasteiger partial charge < -0.3 is 4.74 Å². The number of carbonyl (C=O) groups is 4. The number of ether oxygens (including phenoxy) is 1. The van der Waals surface area contributed by atoms with Crippen molar-refractivity contribution in [2.75, 3.05) is 6.61 Å². The molecule has 7 nitrogen and oxygen atoms in total. The van der Waals surface area contributed by atoms with Crippen molar-refractivity contribution in [2.45, 2.75) is 38.1 Å². The van der Waals surface area contributed by atoms with Crippen LogP contribution in [0, 0.1) is 12.3 Å². The lowest BCUT2D eigenvalue weighted by Gasteiger charge is -2.27. The van der Waals surface area contributed by atoms with Crippen LogP contribution >= 0.6 is 0 Å². The third-order valence-corrected chi connectivity index (χ3v) is 4.40. The first kappa shape index (κ1) is 17.7. The molecule has 1 fully saturated rings. The second-order valence-corrected chi connectivity index (χ2v) is 6.14. The van der Waals surface area contributed by atoms with Gasteiger partial charge in [-0.3, -0.25) is 29.4 Å². The number of unbranched alkanes of at least 4 members (excludes halogenated alkanes) is 2. The number of imide groups is 2. The summed E-state index contributed by atoms with van der Waals surface area (Å²) in [6.45, 7) is 0.373. The van der Waals surface area contributed by atoms with Gasteiger partial charge in [-0.1, -0.05) is 6.07 Å². The summed E-state index contributed by atoms with van der Waals surface area (Å²) in [7, 11) is 0. The fraction of sp³-hybridized carbons (Fsp3) is 0.368. The normalized spacial score (nSPS) is 19.2. The molecule has 2 aliphatic rings. The van der Waals surface area contributed by atoms with Crippen LogP contribution in [-0.2, 0) is 9.59 Å². The number of rotatable bonds is 6. The van der Waals surface area contributed by atoms with Crippen molar-refractivity contribution in [1.29, 1.82) is 0 Å². The molecule has 0 radical (unpaired) electrons. The van der Waals surface area contributed by atoms with Crippen molar-refractivity contribution < 1.29 is 23.9 Å². The summed E-state index contributed by atoms with van der Waals surface area (Å²) in [5.74, 6) is 0.713. The highest BCUT2D eigenvalue weighted by Gasteiger charge is 2.45. The van der Waals surface area contributed by atoms with Crippen molar-refractivity contribution in [3.8, 4) is 18.1 Å². The Balaban J connectivity index is 1.79. The van der Waals surface area contributed by atoms with Gasteiger partial charge in [0.2, 0.25) is 11.8 Å². The molecule has 0 aliphatic carbocycles. The zero-order valence-corrected chi connectivity index (χ0v) is 14.1. The Kier molecular flexibility index (Phi) is 5.03. The van der Waals surface area contributed by atoms with Gasteiger partial charge in [0.05, 0.1) is 17.7 Å². The Morgan fingerprint density at radius 3 is 2.73 bits per heavy atom. The summed E-state index contributed by atoms with van der Waals surface area (Å²) in [5, 5.41) is 2.17. The Hall–Kier alpha value is -3.14. The van der Waals surface area contributed by atoms with Gasteiger partial charge in [-0.25, -0.2) is 0 Å². The first-order valence-electron chi connectivity index (χ1n) is 8.45. The van der Waals surface area contributed by atoms with Gasteiger partial charge in [0.1, 0.15) is 11.8 Å². The quantitative estimate of drug-likeness (QED) is 0.472. The molecule has 0 bridgehead atoms. The summed E-state index contributed by atoms with van der Waals surface area (Å²) >= 11 is 0. The van der Waals surface area contributed by atoms with Gasteiger partial charge in [-0.2, -0.15) is 0 Å². The molecule has 1 unspecified atom stereocenters. The molecule has 1 saturated heterocycles. The zero-order chi connectivity index (χ0) is 18.7. The van der Waals surface area contributed by atoms with Crippen LogP contribution < -0.4 is 10.1 Å². The van der Waals surface area contributed by atoms with Crippen LogP contribution in [0.3, 0.4) is 0 Å². The molecule has 7 heteroatoms. The standard InChI is InChI=1S/C19H18N2O5/c1-2-3-4-5-11-26-14-8-6-7-12-16(14)19(25)21(18(12)24)13-9-10-15(22)20-17(13)23/h1,6-8,13H,3-5,9-11H2,(H,20,22,23). The highest BCUT2D eigenvalue weighted by atomic mass is 16.5. The molecule has 0 spiro atoms. The largest absolute Gasteiger partial charge is 0.493 e. The van der Waals surface area contributed by atoms with Gasteiger partial charge in [-0.15, -0.1) is 12.3 Å². The SMILES string of the molecule is C#CCCCCOc1cccc2c1C(=O)N(C1CCC(=O)NC1=O)C2=O. The third kappa shape index (κ3) is 3.18. The van der Waals surface area contributed by atoms with Crippen molar-refractivity contribution in [3.63, 3.8) is 0 Å². The number of benzene rings is 1. The average Bonchev–Trinajstić information content (AvgIpc) is 2.87. The Bertz CT molecular complexity index is 824. The molecule has 2 aliphatic heterocycles. The minimum atomic E-state index is -0.983. The zero-order valence-electron chi connectivity index (χ0n) is 14.1.